The number of benzene rings is 1. The number of aromatic nitrogens is 1. The van der Waals surface area contributed by atoms with Gasteiger partial charge in [-0.15, -0.1) is 0 Å². The van der Waals surface area contributed by atoms with E-state index in [-0.39, 0.29) is 36.4 Å². The zero-order valence-corrected chi connectivity index (χ0v) is 15.8. The van der Waals surface area contributed by atoms with Crippen molar-refractivity contribution in [2.75, 3.05) is 19.6 Å². The lowest BCUT2D eigenvalue weighted by Crippen LogP contribution is -2.49. The number of sulfonamides is 1. The Morgan fingerprint density at radius 1 is 1.30 bits per heavy atom. The van der Waals surface area contributed by atoms with Gasteiger partial charge < -0.3 is 15.6 Å². The van der Waals surface area contributed by atoms with Crippen molar-refractivity contribution in [1.29, 1.82) is 0 Å². The van der Waals surface area contributed by atoms with E-state index in [1.165, 1.54) is 10.5 Å². The van der Waals surface area contributed by atoms with Crippen LogP contribution in [0.1, 0.15) is 25.7 Å². The van der Waals surface area contributed by atoms with Gasteiger partial charge in [0.05, 0.1) is 11.1 Å². The molecule has 8 nitrogen and oxygen atoms in total. The van der Waals surface area contributed by atoms with Gasteiger partial charge in [0.25, 0.3) is 0 Å². The summed E-state index contributed by atoms with van der Waals surface area (Å²) in [5.41, 5.74) is 5.87. The van der Waals surface area contributed by atoms with E-state index in [0.29, 0.717) is 24.3 Å². The average molecular weight is 392 g/mol. The summed E-state index contributed by atoms with van der Waals surface area (Å²) in [7, 11) is -3.76. The Morgan fingerprint density at radius 2 is 2.11 bits per heavy atom. The van der Waals surface area contributed by atoms with Gasteiger partial charge in [-0.2, -0.15) is 4.31 Å². The highest BCUT2D eigenvalue weighted by Crippen LogP contribution is 2.32. The number of piperidine rings is 1. The third-order valence-corrected chi connectivity index (χ3v) is 6.67. The number of hydrogen-bond donors (Lipinski definition) is 2. The van der Waals surface area contributed by atoms with E-state index in [1.54, 1.807) is 30.3 Å². The Hall–Kier alpha value is -2.23. The summed E-state index contributed by atoms with van der Waals surface area (Å²) < 4.78 is 33.5. The maximum atomic E-state index is 13.4. The second-order valence-corrected chi connectivity index (χ2v) is 8.34. The highest BCUT2D eigenvalue weighted by Gasteiger charge is 2.35. The van der Waals surface area contributed by atoms with Crippen LogP contribution in [0.4, 0.5) is 0 Å². The molecule has 9 heteroatoms. The standard InChI is InChI=1S/C18H24N4O4S/c19-10-8-18(23)20-13-14-5-3-4-12-22(14)27(24,25)17-7-2-1-6-15(17)16-9-11-21-26-16/h1-2,6-7,9,11,14H,3-5,8,10,12-13,19H2,(H,20,23). The smallest absolute Gasteiger partial charge is 0.244 e. The predicted octanol–water partition coefficient (Wildman–Crippen LogP) is 1.35. The molecule has 3 rings (SSSR count). The zero-order valence-electron chi connectivity index (χ0n) is 15.0. The van der Waals surface area contributed by atoms with Crippen LogP contribution in [0.2, 0.25) is 0 Å². The van der Waals surface area contributed by atoms with E-state index >= 15 is 0 Å². The average Bonchev–Trinajstić information content (AvgIpc) is 3.21. The summed E-state index contributed by atoms with van der Waals surface area (Å²) in [5.74, 6) is 0.237. The molecule has 0 bridgehead atoms. The van der Waals surface area contributed by atoms with E-state index in [2.05, 4.69) is 10.5 Å². The van der Waals surface area contributed by atoms with Crippen molar-refractivity contribution in [3.63, 3.8) is 0 Å². The molecule has 3 N–H and O–H groups in total. The molecule has 1 aromatic heterocycles. The van der Waals surface area contributed by atoms with Gasteiger partial charge in [0.1, 0.15) is 0 Å². The molecule has 1 unspecified atom stereocenters. The van der Waals surface area contributed by atoms with Gasteiger partial charge in [-0.1, -0.05) is 23.7 Å². The number of rotatable bonds is 7. The molecule has 0 saturated carbocycles. The highest BCUT2D eigenvalue weighted by atomic mass is 32.2. The van der Waals surface area contributed by atoms with Crippen LogP contribution in [0, 0.1) is 0 Å². The van der Waals surface area contributed by atoms with E-state index in [0.717, 1.165) is 12.8 Å². The van der Waals surface area contributed by atoms with Crippen molar-refractivity contribution < 1.29 is 17.7 Å². The minimum Gasteiger partial charge on any atom is -0.356 e. The Bertz CT molecular complexity index is 867. The van der Waals surface area contributed by atoms with E-state index < -0.39 is 10.0 Å². The second-order valence-electron chi connectivity index (χ2n) is 6.48. The quantitative estimate of drug-likeness (QED) is 0.734. The van der Waals surface area contributed by atoms with Crippen LogP contribution < -0.4 is 11.1 Å². The van der Waals surface area contributed by atoms with Crippen LogP contribution in [-0.2, 0) is 14.8 Å². The van der Waals surface area contributed by atoms with Crippen LogP contribution in [0.25, 0.3) is 11.3 Å². The summed E-state index contributed by atoms with van der Waals surface area (Å²) in [6, 6.07) is 8.08. The maximum absolute atomic E-state index is 13.4. The van der Waals surface area contributed by atoms with Gasteiger partial charge in [-0.05, 0) is 25.0 Å². The molecule has 1 aliphatic rings. The van der Waals surface area contributed by atoms with E-state index in [1.807, 2.05) is 0 Å². The van der Waals surface area contributed by atoms with Crippen LogP contribution in [0.3, 0.4) is 0 Å². The first-order valence-corrected chi connectivity index (χ1v) is 10.5. The van der Waals surface area contributed by atoms with Crippen molar-refractivity contribution in [3.05, 3.63) is 36.5 Å². The molecule has 1 atom stereocenters. The van der Waals surface area contributed by atoms with Crippen molar-refractivity contribution in [3.8, 4) is 11.3 Å². The molecule has 1 aliphatic heterocycles. The lowest BCUT2D eigenvalue weighted by atomic mass is 10.1. The summed E-state index contributed by atoms with van der Waals surface area (Å²) >= 11 is 0. The molecule has 27 heavy (non-hydrogen) atoms. The number of carbonyl (C=O) groups is 1. The van der Waals surface area contributed by atoms with Gasteiger partial charge in [0.2, 0.25) is 15.9 Å². The molecule has 1 saturated heterocycles. The highest BCUT2D eigenvalue weighted by molar-refractivity contribution is 7.89. The van der Waals surface area contributed by atoms with E-state index in [9.17, 15) is 13.2 Å². The third-order valence-electron chi connectivity index (χ3n) is 4.66. The molecular formula is C18H24N4O4S. The minimum atomic E-state index is -3.76. The SMILES string of the molecule is NCCC(=O)NCC1CCCCN1S(=O)(=O)c1ccccc1-c1ccno1. The van der Waals surface area contributed by atoms with Gasteiger partial charge in [-0.3, -0.25) is 4.79 Å². The minimum absolute atomic E-state index is 0.164. The van der Waals surface area contributed by atoms with Crippen molar-refractivity contribution in [1.82, 2.24) is 14.8 Å². The fourth-order valence-electron chi connectivity index (χ4n) is 3.32. The largest absolute Gasteiger partial charge is 0.356 e. The first-order chi connectivity index (χ1) is 13.0. The lowest BCUT2D eigenvalue weighted by Gasteiger charge is -2.35. The Balaban J connectivity index is 1.88. The van der Waals surface area contributed by atoms with Gasteiger partial charge in [-0.25, -0.2) is 8.42 Å². The van der Waals surface area contributed by atoms with Crippen molar-refractivity contribution >= 4 is 15.9 Å². The van der Waals surface area contributed by atoms with Crippen molar-refractivity contribution in [2.45, 2.75) is 36.6 Å². The van der Waals surface area contributed by atoms with Crippen LogP contribution >= 0.6 is 0 Å². The van der Waals surface area contributed by atoms with Crippen LogP contribution in [0.15, 0.2) is 45.9 Å². The monoisotopic (exact) mass is 392 g/mol. The number of nitrogens with one attached hydrogen (secondary N) is 1. The van der Waals surface area contributed by atoms with Crippen LogP contribution in [-0.4, -0.2) is 49.5 Å². The molecule has 1 fully saturated rings. The summed E-state index contributed by atoms with van der Waals surface area (Å²) in [6.07, 6.45) is 4.12. The number of nitrogens with two attached hydrogens (primary N) is 1. The molecule has 1 aromatic carbocycles. The predicted molar refractivity (Wildman–Crippen MR) is 100 cm³/mol. The third kappa shape index (κ3) is 4.37. The van der Waals surface area contributed by atoms with E-state index in [4.69, 9.17) is 10.3 Å². The Morgan fingerprint density at radius 3 is 2.85 bits per heavy atom. The number of hydrogen-bond acceptors (Lipinski definition) is 6. The number of carbonyl (C=O) groups excluding carboxylic acids is 1. The number of nitrogens with zero attached hydrogens (tertiary/aromatic N) is 2. The normalized spacial score (nSPS) is 18.3. The molecule has 2 aromatic rings. The van der Waals surface area contributed by atoms with Crippen LogP contribution in [0.5, 0.6) is 0 Å². The first-order valence-electron chi connectivity index (χ1n) is 9.02. The van der Waals surface area contributed by atoms with Gasteiger partial charge >= 0.3 is 0 Å². The molecular weight excluding hydrogens is 368 g/mol. The number of amides is 1. The topological polar surface area (TPSA) is 119 Å². The fourth-order valence-corrected chi connectivity index (χ4v) is 5.21. The molecule has 1 amide bonds. The summed E-state index contributed by atoms with van der Waals surface area (Å²) in [4.78, 5) is 11.9. The summed E-state index contributed by atoms with van der Waals surface area (Å²) in [5, 5.41) is 6.47. The lowest BCUT2D eigenvalue weighted by molar-refractivity contribution is -0.121. The maximum Gasteiger partial charge on any atom is 0.244 e. The molecule has 146 valence electrons. The zero-order chi connectivity index (χ0) is 19.3. The molecule has 2 heterocycles. The second kappa shape index (κ2) is 8.64. The Labute approximate surface area is 158 Å². The van der Waals surface area contributed by atoms with Gasteiger partial charge in [0, 0.05) is 43.7 Å². The van der Waals surface area contributed by atoms with Gasteiger partial charge in [0.15, 0.2) is 5.76 Å². The fraction of sp³-hybridized carbons (Fsp3) is 0.444. The molecule has 0 radical (unpaired) electrons. The summed E-state index contributed by atoms with van der Waals surface area (Å²) in [6.45, 7) is 0.968. The Kier molecular flexibility index (Phi) is 6.25. The molecule has 0 spiro atoms. The molecule has 0 aliphatic carbocycles. The first kappa shape index (κ1) is 19.5. The van der Waals surface area contributed by atoms with Crippen molar-refractivity contribution in [2.24, 2.45) is 5.73 Å².